The highest BCUT2D eigenvalue weighted by Crippen LogP contribution is 2.54. The molecule has 0 fully saturated rings. The second-order valence-electron chi connectivity index (χ2n) is 16.7. The quantitative estimate of drug-likeness (QED) is 0.0833. The number of aryl methyl sites for hydroxylation is 1. The fraction of sp³-hybridized carbons (Fsp3) is 0.510. The van der Waals surface area contributed by atoms with Crippen LogP contribution < -0.4 is 23.3 Å². The Kier molecular flexibility index (Phi) is 16.6. The first kappa shape index (κ1) is 45.4. The van der Waals surface area contributed by atoms with E-state index < -0.39 is 5.34 Å². The van der Waals surface area contributed by atoms with Gasteiger partial charge in [0.15, 0.2) is 11.2 Å². The van der Waals surface area contributed by atoms with Crippen LogP contribution in [0.15, 0.2) is 60.7 Å². The maximum atomic E-state index is 7.25. The molecule has 0 saturated heterocycles. The van der Waals surface area contributed by atoms with E-state index in [1.165, 1.54) is 27.8 Å². The summed E-state index contributed by atoms with van der Waals surface area (Å²) in [5.41, 5.74) is 10.2. The first-order chi connectivity index (χ1) is 26.6. The highest BCUT2D eigenvalue weighted by atomic mass is 31.1. The molecule has 4 unspecified atom stereocenters. The topological polar surface area (TPSA) is 46.2 Å². The summed E-state index contributed by atoms with van der Waals surface area (Å²) in [5.74, 6) is 5.50. The number of ether oxygens (including phenoxy) is 3. The van der Waals surface area contributed by atoms with Crippen LogP contribution in [0, 0.1) is 20.8 Å². The Morgan fingerprint density at radius 2 is 1.12 bits per heavy atom. The van der Waals surface area contributed by atoms with Gasteiger partial charge in [-0.15, -0.1) is 0 Å². The molecule has 0 spiro atoms. The zero-order valence-corrected chi connectivity index (χ0v) is 39.0. The zero-order chi connectivity index (χ0) is 41.3. The van der Waals surface area contributed by atoms with E-state index in [0.29, 0.717) is 11.8 Å². The van der Waals surface area contributed by atoms with Crippen LogP contribution >= 0.6 is 17.6 Å². The first-order valence-corrected chi connectivity index (χ1v) is 22.7. The van der Waals surface area contributed by atoms with Crippen LogP contribution in [0.5, 0.6) is 28.7 Å². The molecule has 7 heteroatoms. The molecule has 0 radical (unpaired) electrons. The molecule has 0 amide bonds. The molecular formula is C49H70O5P2. The smallest absolute Gasteiger partial charge is 0.158 e. The second kappa shape index (κ2) is 20.4. The Labute approximate surface area is 343 Å². The van der Waals surface area contributed by atoms with Crippen LogP contribution in [0.25, 0.3) is 11.1 Å². The molecule has 4 aromatic carbocycles. The molecule has 0 heterocycles. The SMILES string of the molecule is CCCC(Oc1ccccc1C(C)C)POc1c(C(C)C)cc(C)c(C)c1-c1c(C)c(OC)cc(C(C)C)c1OPC(C)(CCC)Oc1ccccc1C(C)C. The van der Waals surface area contributed by atoms with Gasteiger partial charge in [-0.1, -0.05) is 125 Å². The van der Waals surface area contributed by atoms with Gasteiger partial charge in [0.05, 0.1) is 7.11 Å². The van der Waals surface area contributed by atoms with Crippen molar-refractivity contribution in [3.8, 4) is 39.9 Å². The van der Waals surface area contributed by atoms with Gasteiger partial charge in [-0.25, -0.2) is 0 Å². The highest BCUT2D eigenvalue weighted by Gasteiger charge is 2.33. The van der Waals surface area contributed by atoms with Crippen LogP contribution in [0.1, 0.15) is 164 Å². The molecule has 306 valence electrons. The molecule has 4 rings (SSSR count). The number of hydrogen-bond donors (Lipinski definition) is 0. The van der Waals surface area contributed by atoms with Crippen LogP contribution in [0.3, 0.4) is 0 Å². The van der Waals surface area contributed by atoms with E-state index in [1.807, 2.05) is 0 Å². The monoisotopic (exact) mass is 800 g/mol. The average molecular weight is 801 g/mol. The Balaban J connectivity index is 1.91. The molecule has 0 aromatic heterocycles. The lowest BCUT2D eigenvalue weighted by molar-refractivity contribution is 0.161. The normalized spacial score (nSPS) is 13.8. The average Bonchev–Trinajstić information content (AvgIpc) is 3.14. The predicted octanol–water partition coefficient (Wildman–Crippen LogP) is 15.5. The van der Waals surface area contributed by atoms with Crippen molar-refractivity contribution in [1.82, 2.24) is 0 Å². The highest BCUT2D eigenvalue weighted by molar-refractivity contribution is 7.34. The summed E-state index contributed by atoms with van der Waals surface area (Å²) in [7, 11) is 1.89. The van der Waals surface area contributed by atoms with Gasteiger partial charge in [-0.3, -0.25) is 0 Å². The molecule has 0 aliphatic heterocycles. The van der Waals surface area contributed by atoms with Gasteiger partial charge in [0.25, 0.3) is 0 Å². The largest absolute Gasteiger partial charge is 0.496 e. The molecule has 0 aliphatic carbocycles. The Bertz CT molecular complexity index is 1900. The van der Waals surface area contributed by atoms with Gasteiger partial charge >= 0.3 is 0 Å². The van der Waals surface area contributed by atoms with Gasteiger partial charge in [0.1, 0.15) is 46.4 Å². The van der Waals surface area contributed by atoms with Crippen molar-refractivity contribution in [3.05, 3.63) is 99.6 Å². The van der Waals surface area contributed by atoms with Gasteiger partial charge < -0.3 is 23.3 Å². The fourth-order valence-electron chi connectivity index (χ4n) is 7.36. The van der Waals surface area contributed by atoms with Crippen LogP contribution in [0.4, 0.5) is 0 Å². The molecule has 0 saturated carbocycles. The molecule has 4 aromatic rings. The molecular weight excluding hydrogens is 730 g/mol. The van der Waals surface area contributed by atoms with E-state index in [1.54, 1.807) is 7.11 Å². The predicted molar refractivity (Wildman–Crippen MR) is 243 cm³/mol. The number of hydrogen-bond acceptors (Lipinski definition) is 5. The van der Waals surface area contributed by atoms with Gasteiger partial charge in [0.2, 0.25) is 0 Å². The summed E-state index contributed by atoms with van der Waals surface area (Å²) in [5, 5.41) is -0.540. The van der Waals surface area contributed by atoms with E-state index >= 15 is 0 Å². The minimum Gasteiger partial charge on any atom is -0.496 e. The Hall–Kier alpha value is -3.26. The third-order valence-corrected chi connectivity index (χ3v) is 12.8. The van der Waals surface area contributed by atoms with Crippen molar-refractivity contribution in [1.29, 1.82) is 0 Å². The standard InChI is InChI=1S/C49H70O5P2/c1-16-22-44(51-41-25-20-18-23-37(41)30(3)4)55-53-47-39(32(7)8)28-34(11)35(12)45(47)46-36(13)43(50-15)29-40(33(9)10)48(46)54-56-49(14,27-17-2)52-42-26-21-19-24-38(42)31(5)6/h18-21,23-26,28-33,44,55-56H,16-17,22,27H2,1-15H3. The van der Waals surface area contributed by atoms with Gasteiger partial charge in [0, 0.05) is 22.3 Å². The van der Waals surface area contributed by atoms with Crippen molar-refractivity contribution in [2.24, 2.45) is 0 Å². The maximum Gasteiger partial charge on any atom is 0.158 e. The fourth-order valence-corrected chi connectivity index (χ4v) is 9.45. The molecule has 4 atom stereocenters. The lowest BCUT2D eigenvalue weighted by atomic mass is 9.85. The van der Waals surface area contributed by atoms with Crippen LogP contribution in [-0.4, -0.2) is 18.3 Å². The van der Waals surface area contributed by atoms with E-state index in [4.69, 9.17) is 23.3 Å². The van der Waals surface area contributed by atoms with Crippen LogP contribution in [-0.2, 0) is 0 Å². The molecule has 0 bridgehead atoms. The second-order valence-corrected chi connectivity index (χ2v) is 19.3. The number of rotatable bonds is 20. The van der Waals surface area contributed by atoms with Crippen molar-refractivity contribution in [2.45, 2.75) is 157 Å². The van der Waals surface area contributed by atoms with Crippen LogP contribution in [0.2, 0.25) is 0 Å². The lowest BCUT2D eigenvalue weighted by Crippen LogP contribution is -2.28. The van der Waals surface area contributed by atoms with Crippen molar-refractivity contribution in [2.75, 3.05) is 7.11 Å². The van der Waals surface area contributed by atoms with Gasteiger partial charge in [-0.2, -0.15) is 0 Å². The van der Waals surface area contributed by atoms with E-state index in [-0.39, 0.29) is 35.3 Å². The summed E-state index contributed by atoms with van der Waals surface area (Å²) in [6, 6.07) is 21.3. The third-order valence-electron chi connectivity index (χ3n) is 10.7. The third kappa shape index (κ3) is 10.8. The summed E-state index contributed by atoms with van der Waals surface area (Å²) in [6.45, 7) is 31.1. The lowest BCUT2D eigenvalue weighted by Gasteiger charge is -2.33. The number of methoxy groups -OCH3 is 1. The summed E-state index contributed by atoms with van der Waals surface area (Å²) < 4.78 is 34.3. The molecule has 5 nitrogen and oxygen atoms in total. The van der Waals surface area contributed by atoms with E-state index in [0.717, 1.165) is 76.7 Å². The molecule has 0 N–H and O–H groups in total. The van der Waals surface area contributed by atoms with E-state index in [9.17, 15) is 0 Å². The number of para-hydroxylation sites is 2. The molecule has 0 aliphatic rings. The minimum absolute atomic E-state index is 0.0385. The van der Waals surface area contributed by atoms with Crippen molar-refractivity contribution in [3.63, 3.8) is 0 Å². The maximum absolute atomic E-state index is 7.25. The summed E-state index contributed by atoms with van der Waals surface area (Å²) in [6.07, 6.45) is 3.71. The first-order valence-electron chi connectivity index (χ1n) is 20.8. The van der Waals surface area contributed by atoms with Crippen molar-refractivity contribution >= 4 is 17.6 Å². The Morgan fingerprint density at radius 3 is 1.68 bits per heavy atom. The van der Waals surface area contributed by atoms with Gasteiger partial charge in [-0.05, 0) is 110 Å². The van der Waals surface area contributed by atoms with Crippen molar-refractivity contribution < 1.29 is 23.3 Å². The summed E-state index contributed by atoms with van der Waals surface area (Å²) >= 11 is 0. The Morgan fingerprint density at radius 1 is 0.607 bits per heavy atom. The minimum atomic E-state index is -0.540. The van der Waals surface area contributed by atoms with E-state index in [2.05, 4.69) is 158 Å². The number of benzene rings is 4. The molecule has 56 heavy (non-hydrogen) atoms. The summed E-state index contributed by atoms with van der Waals surface area (Å²) in [4.78, 5) is 0. The zero-order valence-electron chi connectivity index (χ0n) is 37.0.